The Morgan fingerprint density at radius 2 is 0.796 bits per heavy atom. The number of aliphatic hydroxyl groups excluding tert-OH is 3. The van der Waals surface area contributed by atoms with Crippen molar-refractivity contribution in [2.45, 2.75) is 51.5 Å². The maximum atomic E-state index is 14.9. The van der Waals surface area contributed by atoms with Crippen molar-refractivity contribution in [3.05, 3.63) is 195 Å². The number of aldehydes is 1. The highest BCUT2D eigenvalue weighted by molar-refractivity contribution is 5.81. The lowest BCUT2D eigenvalue weighted by molar-refractivity contribution is 0.111. The molecule has 9 aromatic rings. The summed E-state index contributed by atoms with van der Waals surface area (Å²) in [7, 11) is 9.60. The lowest BCUT2D eigenvalue weighted by Gasteiger charge is -2.18. The number of pyridine rings is 7. The molecule has 2 aliphatic carbocycles. The Kier molecular flexibility index (Phi) is 25.7. The first-order chi connectivity index (χ1) is 46.9. The Morgan fingerprint density at radius 3 is 1.12 bits per heavy atom. The van der Waals surface area contributed by atoms with Gasteiger partial charge in [-0.2, -0.15) is 33.7 Å². The fourth-order valence-electron chi connectivity index (χ4n) is 9.55. The summed E-state index contributed by atoms with van der Waals surface area (Å²) in [4.78, 5) is 35.7. The van der Waals surface area contributed by atoms with Gasteiger partial charge in [-0.25, -0.2) is 43.9 Å². The van der Waals surface area contributed by atoms with E-state index in [4.69, 9.17) is 24.1 Å². The Balaban J connectivity index is 0.000000187. The van der Waals surface area contributed by atoms with Crippen LogP contribution in [0.2, 0.25) is 0 Å². The largest absolute Gasteiger partial charge is 0.479 e. The number of fused-ring (bicyclic) bond motifs is 2. The van der Waals surface area contributed by atoms with Crippen molar-refractivity contribution < 1.29 is 111 Å². The molecule has 0 saturated heterocycles. The third kappa shape index (κ3) is 16.5. The van der Waals surface area contributed by atoms with Gasteiger partial charge in [0, 0.05) is 109 Å². The van der Waals surface area contributed by atoms with E-state index >= 15 is 0 Å². The maximum Gasteiger partial charge on any atom is 0.254 e. The molecule has 33 heteroatoms. The van der Waals surface area contributed by atoms with Gasteiger partial charge >= 0.3 is 0 Å². The van der Waals surface area contributed by atoms with Gasteiger partial charge in [0.25, 0.3) is 58.9 Å². The van der Waals surface area contributed by atoms with Crippen molar-refractivity contribution in [2.75, 3.05) is 63.5 Å². The van der Waals surface area contributed by atoms with Gasteiger partial charge in [-0.1, -0.05) is 19.1 Å². The lowest BCUT2D eigenvalue weighted by Crippen LogP contribution is -2.11. The van der Waals surface area contributed by atoms with E-state index in [-0.39, 0.29) is 30.7 Å². The van der Waals surface area contributed by atoms with E-state index in [0.29, 0.717) is 53.4 Å². The number of halogens is 12. The van der Waals surface area contributed by atoms with Crippen LogP contribution in [0.15, 0.2) is 85.7 Å². The number of aryl methyl sites for hydroxylation is 1. The third-order valence-corrected chi connectivity index (χ3v) is 14.3. The van der Waals surface area contributed by atoms with Crippen LogP contribution < -0.4 is 37.9 Å². The predicted molar refractivity (Wildman–Crippen MR) is 324 cm³/mol. The van der Waals surface area contributed by atoms with E-state index in [9.17, 15) is 67.7 Å². The molecule has 2 atom stereocenters. The van der Waals surface area contributed by atoms with E-state index in [2.05, 4.69) is 65.3 Å². The Bertz CT molecular complexity index is 4070. The molecular weight excluding hydrogens is 1330 g/mol. The second-order valence-corrected chi connectivity index (χ2v) is 20.1. The molecule has 98 heavy (non-hydrogen) atoms. The molecule has 0 amide bonds. The number of hydrogen-bond acceptors (Lipinski definition) is 19. The molecule has 3 N–H and O–H groups in total. The highest BCUT2D eigenvalue weighted by Gasteiger charge is 2.34. The highest BCUT2D eigenvalue weighted by atomic mass is 19.2. The molecule has 0 spiro atoms. The zero-order valence-electron chi connectivity index (χ0n) is 53.1. The van der Waals surface area contributed by atoms with Crippen LogP contribution in [0, 0.1) is 70.1 Å². The average Bonchev–Trinajstić information content (AvgIpc) is 1.47. The number of aromatic nitrogens is 9. The van der Waals surface area contributed by atoms with Crippen molar-refractivity contribution in [1.82, 2.24) is 44.0 Å². The summed E-state index contributed by atoms with van der Waals surface area (Å²) in [6, 6.07) is 8.34. The summed E-state index contributed by atoms with van der Waals surface area (Å²) in [6.45, 7) is 3.50. The van der Waals surface area contributed by atoms with E-state index in [0.717, 1.165) is 55.1 Å². The van der Waals surface area contributed by atoms with Crippen LogP contribution in [0.25, 0.3) is 33.4 Å². The minimum Gasteiger partial charge on any atom is -0.479 e. The predicted octanol–water partition coefficient (Wildman–Crippen LogP) is 11.4. The van der Waals surface area contributed by atoms with E-state index in [1.807, 2.05) is 53.6 Å². The van der Waals surface area contributed by atoms with Gasteiger partial charge in [-0.3, -0.25) is 14.8 Å². The van der Waals surface area contributed by atoms with Crippen LogP contribution in [0.3, 0.4) is 0 Å². The van der Waals surface area contributed by atoms with Crippen LogP contribution in [-0.2, 0) is 25.9 Å². The van der Waals surface area contributed by atoms with Gasteiger partial charge in [0.1, 0.15) is 12.2 Å². The van der Waals surface area contributed by atoms with Gasteiger partial charge in [0.2, 0.25) is 0 Å². The van der Waals surface area contributed by atoms with Crippen LogP contribution >= 0.6 is 0 Å². The fraction of sp³-hybridized carbons (Fsp3) is 0.262. The Hall–Kier alpha value is -10.8. The minimum absolute atomic E-state index is 0.0195. The molecule has 0 aromatic carbocycles. The molecule has 0 fully saturated rings. The van der Waals surface area contributed by atoms with Crippen LogP contribution in [-0.4, -0.2) is 129 Å². The SMILES string of the molecule is CCCn1ccc(-c2cnc3c(c2)C(C(O)c2c(F)c(OC)nc(OC)c2F)=CC3)c1.COc1nc(OC)c(F)c(C(O)C2=CCc3ncc(-c4ccn(CCO)c4)cc32)c1F.COc1nc(OC)c(F)c(C=O)c1F.COc1nc(OC)c(F)cc1F.Fc1cc(F)c(F)nc1F. The second-order valence-electron chi connectivity index (χ2n) is 20.1. The van der Waals surface area contributed by atoms with E-state index in [1.54, 1.807) is 24.5 Å². The van der Waals surface area contributed by atoms with Crippen LogP contribution in [0.4, 0.5) is 52.7 Å². The standard InChI is InChI=1S/C23H23F2N3O3.C22H21F2N3O4.C8H7F2NO3.C7H7F2NO2.C5HF4N/c1-4-8-28-9-7-13(12-28)14-10-16-15(5-6-17(16)26-11-14)21(29)18-19(24)22(30-2)27-23(31-3)20(18)25;1-30-21-18(23)17(19(24)22(26-21)31-2)20(29)14-3-4-16-15(14)9-13(10-25-16)12-5-6-27(11-12)7-8-28;1-13-7-5(9)4(3-12)6(10)8(11-7)14-2;1-11-6-4(8)3-5(9)7(10-6)12-2;6-2-1-3(7)5(9)10-4(2)8/h5,7,9-12,21,29H,4,6,8H2,1-3H3;3,5-6,9-11,20,28-29H,4,7-8H2,1-2H3;3H,1-2H3;3H,1-2H3;1H. The van der Waals surface area contributed by atoms with Gasteiger partial charge in [-0.05, 0) is 41.8 Å². The molecule has 9 heterocycles. The van der Waals surface area contributed by atoms with Gasteiger partial charge in [0.15, 0.2) is 64.5 Å². The van der Waals surface area contributed by atoms with Gasteiger partial charge in [-0.15, -0.1) is 0 Å². The molecule has 21 nitrogen and oxygen atoms in total. The smallest absolute Gasteiger partial charge is 0.254 e. The average molecular weight is 1390 g/mol. The Morgan fingerprint density at radius 1 is 0.459 bits per heavy atom. The quantitative estimate of drug-likeness (QED) is 0.0386. The molecule has 9 aromatic heterocycles. The van der Waals surface area contributed by atoms with Crippen molar-refractivity contribution >= 4 is 17.4 Å². The summed E-state index contributed by atoms with van der Waals surface area (Å²) in [5.41, 5.74) is 4.98. The minimum atomic E-state index is -1.64. The number of hydrogen-bond donors (Lipinski definition) is 3. The second kappa shape index (κ2) is 33.7. The number of allylic oxidation sites excluding steroid dienone is 2. The zero-order chi connectivity index (χ0) is 71.8. The molecule has 2 aliphatic rings. The summed E-state index contributed by atoms with van der Waals surface area (Å²) in [5, 5.41) is 31.0. The first-order valence-corrected chi connectivity index (χ1v) is 28.6. The van der Waals surface area contributed by atoms with Crippen molar-refractivity contribution in [3.63, 3.8) is 0 Å². The topological polar surface area (TPSA) is 252 Å². The molecule has 0 bridgehead atoms. The van der Waals surface area contributed by atoms with Crippen LogP contribution in [0.5, 0.6) is 47.0 Å². The van der Waals surface area contributed by atoms with Crippen molar-refractivity contribution in [2.24, 2.45) is 0 Å². The lowest BCUT2D eigenvalue weighted by atomic mass is 9.96. The van der Waals surface area contributed by atoms with Gasteiger partial charge in [0.05, 0.1) is 91.6 Å². The first kappa shape index (κ1) is 74.6. The number of ether oxygens (including phenoxy) is 8. The molecule has 0 aliphatic heterocycles. The molecule has 0 radical (unpaired) electrons. The molecule has 2 unspecified atom stereocenters. The number of rotatable bonds is 19. The van der Waals surface area contributed by atoms with Crippen molar-refractivity contribution in [1.29, 1.82) is 0 Å². The molecule has 0 saturated carbocycles. The number of methoxy groups -OCH3 is 8. The summed E-state index contributed by atoms with van der Waals surface area (Å²) >= 11 is 0. The summed E-state index contributed by atoms with van der Waals surface area (Å²) in [5.74, 6) is -17.9. The molecular formula is C65H59F12N9O12. The first-order valence-electron chi connectivity index (χ1n) is 28.6. The summed E-state index contributed by atoms with van der Waals surface area (Å²) in [6.07, 6.45) is 13.4. The number of aliphatic hydroxyl groups is 3. The Labute approximate surface area is 549 Å². The fourth-order valence-corrected chi connectivity index (χ4v) is 9.55. The number of carbonyl (C=O) groups excluding carboxylic acids is 1. The summed E-state index contributed by atoms with van der Waals surface area (Å²) < 4.78 is 200. The van der Waals surface area contributed by atoms with E-state index in [1.165, 1.54) is 42.7 Å². The van der Waals surface area contributed by atoms with E-state index < -0.39 is 134 Å². The third-order valence-electron chi connectivity index (χ3n) is 14.3. The number of carbonyl (C=O) groups is 1. The zero-order valence-corrected chi connectivity index (χ0v) is 53.1. The monoisotopic (exact) mass is 1390 g/mol. The highest BCUT2D eigenvalue weighted by Crippen LogP contribution is 2.44. The van der Waals surface area contributed by atoms with Crippen LogP contribution in [0.1, 0.15) is 69.6 Å². The normalized spacial score (nSPS) is 12.2. The number of nitrogens with zero attached hydrogens (tertiary/aromatic N) is 9. The molecule has 520 valence electrons. The molecule has 11 rings (SSSR count). The van der Waals surface area contributed by atoms with Crippen molar-refractivity contribution in [3.8, 4) is 69.3 Å². The maximum absolute atomic E-state index is 14.9. The van der Waals surface area contributed by atoms with Gasteiger partial charge < -0.3 is 62.3 Å².